The minimum absolute atomic E-state index is 0.0792. The van der Waals surface area contributed by atoms with Gasteiger partial charge in [0.1, 0.15) is 5.82 Å². The maximum absolute atomic E-state index is 12.2. The van der Waals surface area contributed by atoms with Crippen LogP contribution in [0.3, 0.4) is 0 Å². The standard InChI is InChI=1S/C18H20N4O2/c1-11(2)21-17(23)13-5-7-15(8-6-13)22-18(24)14-9-19-16(20-10-14)12-3-4-12/h5-12H,3-4H2,1-2H3,(H,21,23)(H,22,24). The smallest absolute Gasteiger partial charge is 0.258 e. The van der Waals surface area contributed by atoms with E-state index in [4.69, 9.17) is 0 Å². The Labute approximate surface area is 140 Å². The van der Waals surface area contributed by atoms with Crippen molar-refractivity contribution in [1.82, 2.24) is 15.3 Å². The SMILES string of the molecule is CC(C)NC(=O)c1ccc(NC(=O)c2cnc(C3CC3)nc2)cc1. The summed E-state index contributed by atoms with van der Waals surface area (Å²) in [6.07, 6.45) is 5.37. The van der Waals surface area contributed by atoms with Gasteiger partial charge in [-0.05, 0) is 51.0 Å². The van der Waals surface area contributed by atoms with Crippen LogP contribution in [0.15, 0.2) is 36.7 Å². The van der Waals surface area contributed by atoms with Crippen LogP contribution in [0.5, 0.6) is 0 Å². The summed E-state index contributed by atoms with van der Waals surface area (Å²) in [4.78, 5) is 32.6. The van der Waals surface area contributed by atoms with E-state index in [2.05, 4.69) is 20.6 Å². The molecular weight excluding hydrogens is 304 g/mol. The van der Waals surface area contributed by atoms with Gasteiger partial charge in [0.15, 0.2) is 0 Å². The van der Waals surface area contributed by atoms with Crippen LogP contribution in [0.1, 0.15) is 59.1 Å². The highest BCUT2D eigenvalue weighted by molar-refractivity contribution is 6.04. The van der Waals surface area contributed by atoms with E-state index in [-0.39, 0.29) is 17.9 Å². The number of hydrogen-bond acceptors (Lipinski definition) is 4. The van der Waals surface area contributed by atoms with Crippen LogP contribution < -0.4 is 10.6 Å². The van der Waals surface area contributed by atoms with Gasteiger partial charge in [0, 0.05) is 35.6 Å². The number of amides is 2. The molecule has 1 aromatic carbocycles. The zero-order valence-corrected chi connectivity index (χ0v) is 13.7. The molecular formula is C18H20N4O2. The van der Waals surface area contributed by atoms with Crippen molar-refractivity contribution in [2.75, 3.05) is 5.32 Å². The number of aromatic nitrogens is 2. The van der Waals surface area contributed by atoms with E-state index in [0.717, 1.165) is 18.7 Å². The van der Waals surface area contributed by atoms with Gasteiger partial charge in [-0.3, -0.25) is 9.59 Å². The number of nitrogens with zero attached hydrogens (tertiary/aromatic N) is 2. The lowest BCUT2D eigenvalue weighted by Gasteiger charge is -2.09. The first-order valence-electron chi connectivity index (χ1n) is 8.07. The molecule has 2 aromatic rings. The van der Waals surface area contributed by atoms with Gasteiger partial charge in [0.2, 0.25) is 0 Å². The Morgan fingerprint density at radius 3 is 2.17 bits per heavy atom. The monoisotopic (exact) mass is 324 g/mol. The minimum Gasteiger partial charge on any atom is -0.350 e. The summed E-state index contributed by atoms with van der Waals surface area (Å²) in [6, 6.07) is 6.84. The van der Waals surface area contributed by atoms with Crippen LogP contribution in [-0.2, 0) is 0 Å². The first-order valence-corrected chi connectivity index (χ1v) is 8.07. The fraction of sp³-hybridized carbons (Fsp3) is 0.333. The molecule has 1 aliphatic carbocycles. The number of anilines is 1. The Balaban J connectivity index is 1.62. The molecule has 6 nitrogen and oxygen atoms in total. The second-order valence-corrected chi connectivity index (χ2v) is 6.26. The molecule has 0 bridgehead atoms. The molecule has 124 valence electrons. The highest BCUT2D eigenvalue weighted by Gasteiger charge is 2.26. The van der Waals surface area contributed by atoms with Gasteiger partial charge in [-0.2, -0.15) is 0 Å². The molecule has 0 unspecified atom stereocenters. The van der Waals surface area contributed by atoms with E-state index in [9.17, 15) is 9.59 Å². The largest absolute Gasteiger partial charge is 0.350 e. The normalized spacial score (nSPS) is 13.6. The first-order chi connectivity index (χ1) is 11.5. The van der Waals surface area contributed by atoms with E-state index in [1.54, 1.807) is 36.7 Å². The molecule has 6 heteroatoms. The topological polar surface area (TPSA) is 84.0 Å². The molecule has 2 amide bonds. The number of benzene rings is 1. The average molecular weight is 324 g/mol. The first kappa shape index (κ1) is 16.1. The number of carbonyl (C=O) groups is 2. The highest BCUT2D eigenvalue weighted by Crippen LogP contribution is 2.37. The van der Waals surface area contributed by atoms with Crippen molar-refractivity contribution in [3.63, 3.8) is 0 Å². The maximum atomic E-state index is 12.2. The third-order valence-electron chi connectivity index (χ3n) is 3.70. The molecule has 2 N–H and O–H groups in total. The lowest BCUT2D eigenvalue weighted by molar-refractivity contribution is 0.0942. The van der Waals surface area contributed by atoms with Crippen molar-refractivity contribution >= 4 is 17.5 Å². The fourth-order valence-corrected chi connectivity index (χ4v) is 2.26. The summed E-state index contributed by atoms with van der Waals surface area (Å²) < 4.78 is 0. The molecule has 0 atom stereocenters. The van der Waals surface area contributed by atoms with Gasteiger partial charge in [0.05, 0.1) is 5.56 Å². The Morgan fingerprint density at radius 2 is 1.62 bits per heavy atom. The second-order valence-electron chi connectivity index (χ2n) is 6.26. The quantitative estimate of drug-likeness (QED) is 0.886. The number of hydrogen-bond donors (Lipinski definition) is 2. The summed E-state index contributed by atoms with van der Waals surface area (Å²) in [5, 5.41) is 5.60. The molecule has 1 heterocycles. The van der Waals surface area contributed by atoms with Crippen LogP contribution in [0.4, 0.5) is 5.69 Å². The third kappa shape index (κ3) is 3.95. The van der Waals surface area contributed by atoms with E-state index in [1.807, 2.05) is 13.8 Å². The van der Waals surface area contributed by atoms with Crippen molar-refractivity contribution < 1.29 is 9.59 Å². The van der Waals surface area contributed by atoms with Gasteiger partial charge < -0.3 is 10.6 Å². The Bertz CT molecular complexity index is 735. The van der Waals surface area contributed by atoms with Gasteiger partial charge >= 0.3 is 0 Å². The predicted molar refractivity (Wildman–Crippen MR) is 91.0 cm³/mol. The van der Waals surface area contributed by atoms with E-state index < -0.39 is 0 Å². The highest BCUT2D eigenvalue weighted by atomic mass is 16.2. The third-order valence-corrected chi connectivity index (χ3v) is 3.70. The van der Waals surface area contributed by atoms with E-state index in [0.29, 0.717) is 22.7 Å². The number of carbonyl (C=O) groups excluding carboxylic acids is 2. The molecule has 0 saturated heterocycles. The predicted octanol–water partition coefficient (Wildman–Crippen LogP) is 2.74. The summed E-state index contributed by atoms with van der Waals surface area (Å²) in [6.45, 7) is 3.81. The molecule has 1 saturated carbocycles. The van der Waals surface area contributed by atoms with Crippen molar-refractivity contribution in [3.05, 3.63) is 53.6 Å². The van der Waals surface area contributed by atoms with E-state index in [1.165, 1.54) is 0 Å². The molecule has 1 fully saturated rings. The van der Waals surface area contributed by atoms with Crippen LogP contribution in [-0.4, -0.2) is 27.8 Å². The van der Waals surface area contributed by atoms with Crippen molar-refractivity contribution in [3.8, 4) is 0 Å². The summed E-state index contributed by atoms with van der Waals surface area (Å²) >= 11 is 0. The molecule has 0 spiro atoms. The summed E-state index contributed by atoms with van der Waals surface area (Å²) in [5.41, 5.74) is 1.59. The van der Waals surface area contributed by atoms with Crippen LogP contribution in [0.2, 0.25) is 0 Å². The second kappa shape index (κ2) is 6.78. The zero-order valence-electron chi connectivity index (χ0n) is 13.7. The average Bonchev–Trinajstić information content (AvgIpc) is 3.40. The summed E-state index contributed by atoms with van der Waals surface area (Å²) in [7, 11) is 0. The molecule has 0 aliphatic heterocycles. The van der Waals surface area contributed by atoms with Crippen LogP contribution in [0, 0.1) is 0 Å². The molecule has 1 aromatic heterocycles. The van der Waals surface area contributed by atoms with Crippen LogP contribution >= 0.6 is 0 Å². The Hall–Kier alpha value is -2.76. The number of rotatable bonds is 5. The van der Waals surface area contributed by atoms with Gasteiger partial charge in [-0.25, -0.2) is 9.97 Å². The zero-order chi connectivity index (χ0) is 17.1. The molecule has 0 radical (unpaired) electrons. The molecule has 24 heavy (non-hydrogen) atoms. The van der Waals surface area contributed by atoms with Gasteiger partial charge in [-0.15, -0.1) is 0 Å². The van der Waals surface area contributed by atoms with Crippen molar-refractivity contribution in [1.29, 1.82) is 0 Å². The van der Waals surface area contributed by atoms with Crippen LogP contribution in [0.25, 0.3) is 0 Å². The van der Waals surface area contributed by atoms with Crippen molar-refractivity contribution in [2.45, 2.75) is 38.6 Å². The summed E-state index contributed by atoms with van der Waals surface area (Å²) in [5.74, 6) is 0.877. The van der Waals surface area contributed by atoms with Gasteiger partial charge in [-0.1, -0.05) is 0 Å². The van der Waals surface area contributed by atoms with E-state index >= 15 is 0 Å². The maximum Gasteiger partial charge on any atom is 0.258 e. The Kier molecular flexibility index (Phi) is 4.55. The minimum atomic E-state index is -0.267. The molecule has 1 aliphatic rings. The number of nitrogens with one attached hydrogen (secondary N) is 2. The molecule has 3 rings (SSSR count). The lowest BCUT2D eigenvalue weighted by Crippen LogP contribution is -2.30. The fourth-order valence-electron chi connectivity index (χ4n) is 2.26. The Morgan fingerprint density at radius 1 is 1.00 bits per heavy atom. The van der Waals surface area contributed by atoms with Gasteiger partial charge in [0.25, 0.3) is 11.8 Å². The lowest BCUT2D eigenvalue weighted by atomic mass is 10.2. The van der Waals surface area contributed by atoms with Crippen molar-refractivity contribution in [2.24, 2.45) is 0 Å².